The summed E-state index contributed by atoms with van der Waals surface area (Å²) < 4.78 is 0. The molecule has 0 bridgehead atoms. The summed E-state index contributed by atoms with van der Waals surface area (Å²) in [5.41, 5.74) is 6.36. The Bertz CT molecular complexity index is 1480. The van der Waals surface area contributed by atoms with Gasteiger partial charge in [-0.15, -0.1) is 0 Å². The summed E-state index contributed by atoms with van der Waals surface area (Å²) in [4.78, 5) is 47.7. The average molecular weight is 501 g/mol. The Hall–Kier alpha value is -5.39. The van der Waals surface area contributed by atoms with Gasteiger partial charge in [-0.1, -0.05) is 30.3 Å². The maximum absolute atomic E-state index is 12.4. The lowest BCUT2D eigenvalue weighted by atomic mass is 10.0. The van der Waals surface area contributed by atoms with E-state index in [1.165, 1.54) is 14.1 Å². The first kappa shape index (κ1) is 24.7. The van der Waals surface area contributed by atoms with Crippen molar-refractivity contribution in [1.29, 1.82) is 0 Å². The number of urea groups is 2. The molecule has 12 heteroatoms. The minimum Gasteiger partial charge on any atom is -0.341 e. The highest BCUT2D eigenvalue weighted by Gasteiger charge is 2.23. The highest BCUT2D eigenvalue weighted by atomic mass is 16.2. The van der Waals surface area contributed by atoms with Gasteiger partial charge in [0, 0.05) is 36.6 Å². The number of H-pyrrole nitrogens is 2. The van der Waals surface area contributed by atoms with Crippen LogP contribution in [0, 0.1) is 0 Å². The number of aromatic nitrogens is 2. The van der Waals surface area contributed by atoms with Gasteiger partial charge in [0.05, 0.1) is 16.8 Å². The molecule has 1 aliphatic rings. The molecule has 37 heavy (non-hydrogen) atoms. The molecule has 0 saturated carbocycles. The van der Waals surface area contributed by atoms with E-state index in [-0.39, 0.29) is 23.5 Å². The number of carbonyl (C=O) groups excluding carboxylic acids is 3. The maximum Gasteiger partial charge on any atom is 0.318 e. The van der Waals surface area contributed by atoms with Gasteiger partial charge in [-0.25, -0.2) is 15.0 Å². The van der Waals surface area contributed by atoms with E-state index in [1.54, 1.807) is 66.8 Å². The van der Waals surface area contributed by atoms with Crippen molar-refractivity contribution in [3.63, 3.8) is 0 Å². The molecule has 5 amide bonds. The summed E-state index contributed by atoms with van der Waals surface area (Å²) in [6, 6.07) is 13.1. The number of hydrogen-bond acceptors (Lipinski definition) is 5. The molecule has 7 N–H and O–H groups in total. The van der Waals surface area contributed by atoms with E-state index in [4.69, 9.17) is 0 Å². The zero-order valence-corrected chi connectivity index (χ0v) is 19.9. The van der Waals surface area contributed by atoms with Crippen LogP contribution >= 0.6 is 0 Å². The summed E-state index contributed by atoms with van der Waals surface area (Å²) in [5, 5.41) is 19.8. The lowest BCUT2D eigenvalue weighted by Crippen LogP contribution is -2.24. The number of carbonyl (C=O) groups is 3. The minimum absolute atomic E-state index is 0.321. The first-order valence-electron chi connectivity index (χ1n) is 11.2. The van der Waals surface area contributed by atoms with Crippen LogP contribution in [0.3, 0.4) is 0 Å². The van der Waals surface area contributed by atoms with Crippen molar-refractivity contribution < 1.29 is 14.4 Å². The lowest BCUT2D eigenvalue weighted by Gasteiger charge is -2.06. The molecule has 3 aromatic rings. The molecule has 188 valence electrons. The fourth-order valence-electron chi connectivity index (χ4n) is 3.52. The topological polar surface area (TPSA) is 172 Å². The van der Waals surface area contributed by atoms with Gasteiger partial charge in [-0.2, -0.15) is 5.10 Å². The smallest absolute Gasteiger partial charge is 0.318 e. The van der Waals surface area contributed by atoms with Crippen molar-refractivity contribution in [2.24, 2.45) is 5.10 Å². The molecule has 0 aliphatic carbocycles. The molecule has 0 saturated heterocycles. The second-order valence-corrected chi connectivity index (χ2v) is 7.77. The van der Waals surface area contributed by atoms with Crippen LogP contribution in [0.25, 0.3) is 17.3 Å². The van der Waals surface area contributed by atoms with Gasteiger partial charge in [0.1, 0.15) is 5.71 Å². The van der Waals surface area contributed by atoms with Crippen LogP contribution in [0.4, 0.5) is 21.0 Å². The van der Waals surface area contributed by atoms with Gasteiger partial charge in [-0.3, -0.25) is 19.8 Å². The maximum atomic E-state index is 12.4. The van der Waals surface area contributed by atoms with Gasteiger partial charge in [0.15, 0.2) is 0 Å². The summed E-state index contributed by atoms with van der Waals surface area (Å²) in [6.07, 6.45) is 4.76. The third kappa shape index (κ3) is 5.65. The zero-order valence-electron chi connectivity index (χ0n) is 19.9. The number of hydrazone groups is 1. The molecular weight excluding hydrogens is 476 g/mol. The van der Waals surface area contributed by atoms with Crippen molar-refractivity contribution in [1.82, 2.24) is 26.3 Å². The molecular formula is C25H24N8O4. The standard InChI is InChI=1S/C25H24N8O4/c1-26-24(36)28-16-10-6-14(7-11-16)20-18(22(34)32-30-20)4-3-5-19-21(31-33-23(19)35)15-8-12-17(13-9-15)29-25(37)27-2/h3-13H,1-2H3,(H,32,34)(H2,26,28,36)(H2,27,29,37)(H2,31,33,35)/b5-3?,18-4-. The molecule has 12 nitrogen and oxygen atoms in total. The number of benzene rings is 2. The van der Waals surface area contributed by atoms with Gasteiger partial charge in [-0.05, 0) is 36.4 Å². The van der Waals surface area contributed by atoms with E-state index in [0.717, 1.165) is 5.56 Å². The monoisotopic (exact) mass is 500 g/mol. The number of anilines is 2. The van der Waals surface area contributed by atoms with Crippen molar-refractivity contribution in [2.45, 2.75) is 0 Å². The number of hydrogen-bond donors (Lipinski definition) is 7. The van der Waals surface area contributed by atoms with Crippen LogP contribution in [-0.2, 0) is 4.79 Å². The molecule has 0 radical (unpaired) electrons. The molecule has 2 aromatic carbocycles. The molecule has 0 fully saturated rings. The Morgan fingerprint density at radius 2 is 1.38 bits per heavy atom. The fourth-order valence-corrected chi connectivity index (χ4v) is 3.52. The summed E-state index contributed by atoms with van der Waals surface area (Å²) in [7, 11) is 3.04. The van der Waals surface area contributed by atoms with Crippen LogP contribution in [0.15, 0.2) is 76.2 Å². The SMILES string of the molecule is CNC(=O)Nc1ccc(C2=NNC(=O)/C2=C\C=Cc2c(-c3ccc(NC(=O)NC)cc3)[nH][nH]c2=O)cc1. The predicted octanol–water partition coefficient (Wildman–Crippen LogP) is 2.35. The van der Waals surface area contributed by atoms with E-state index in [0.29, 0.717) is 39.5 Å². The Morgan fingerprint density at radius 3 is 1.95 bits per heavy atom. The second kappa shape index (κ2) is 10.9. The van der Waals surface area contributed by atoms with E-state index in [1.807, 2.05) is 0 Å². The Labute approximate surface area is 210 Å². The molecule has 1 aromatic heterocycles. The number of aromatic amines is 2. The second-order valence-electron chi connectivity index (χ2n) is 7.77. The number of nitrogens with one attached hydrogen (secondary N) is 7. The molecule has 4 rings (SSSR count). The highest BCUT2D eigenvalue weighted by molar-refractivity contribution is 6.31. The first-order chi connectivity index (χ1) is 17.9. The predicted molar refractivity (Wildman–Crippen MR) is 141 cm³/mol. The third-order valence-electron chi connectivity index (χ3n) is 5.41. The van der Waals surface area contributed by atoms with Crippen molar-refractivity contribution in [3.8, 4) is 11.3 Å². The Kier molecular flexibility index (Phi) is 7.29. The van der Waals surface area contributed by atoms with E-state index >= 15 is 0 Å². The number of nitrogens with zero attached hydrogens (tertiary/aromatic N) is 1. The first-order valence-corrected chi connectivity index (χ1v) is 11.2. The summed E-state index contributed by atoms with van der Waals surface area (Å²) >= 11 is 0. The molecule has 2 heterocycles. The Morgan fingerprint density at radius 1 is 0.811 bits per heavy atom. The number of rotatable bonds is 6. The van der Waals surface area contributed by atoms with Crippen molar-refractivity contribution in [2.75, 3.05) is 24.7 Å². The van der Waals surface area contributed by atoms with Crippen LogP contribution in [0.5, 0.6) is 0 Å². The highest BCUT2D eigenvalue weighted by Crippen LogP contribution is 2.23. The molecule has 0 unspecified atom stereocenters. The van der Waals surface area contributed by atoms with Gasteiger partial charge >= 0.3 is 12.1 Å². The zero-order chi connectivity index (χ0) is 26.4. The fraction of sp³-hybridized carbons (Fsp3) is 0.0800. The molecule has 0 atom stereocenters. The minimum atomic E-state index is -0.380. The van der Waals surface area contributed by atoms with E-state index in [2.05, 4.69) is 42.0 Å². The average Bonchev–Trinajstić information content (AvgIpc) is 3.47. The molecule has 0 spiro atoms. The number of allylic oxidation sites excluding steroid dienone is 2. The van der Waals surface area contributed by atoms with Gasteiger partial charge in [0.2, 0.25) is 0 Å². The van der Waals surface area contributed by atoms with Gasteiger partial charge < -0.3 is 21.3 Å². The van der Waals surface area contributed by atoms with Crippen LogP contribution < -0.4 is 32.3 Å². The van der Waals surface area contributed by atoms with Crippen LogP contribution in [-0.4, -0.2) is 48.0 Å². The van der Waals surface area contributed by atoms with Crippen LogP contribution in [0.1, 0.15) is 11.1 Å². The van der Waals surface area contributed by atoms with Crippen molar-refractivity contribution in [3.05, 3.63) is 87.7 Å². The lowest BCUT2D eigenvalue weighted by molar-refractivity contribution is -0.116. The quantitative estimate of drug-likeness (QED) is 0.258. The van der Waals surface area contributed by atoms with Gasteiger partial charge in [0.25, 0.3) is 11.5 Å². The third-order valence-corrected chi connectivity index (χ3v) is 5.41. The summed E-state index contributed by atoms with van der Waals surface area (Å²) in [6.45, 7) is 0. The van der Waals surface area contributed by atoms with Crippen molar-refractivity contribution >= 4 is 41.1 Å². The summed E-state index contributed by atoms with van der Waals surface area (Å²) in [5.74, 6) is -0.380. The normalized spacial score (nSPS) is 13.8. The van der Waals surface area contributed by atoms with E-state index in [9.17, 15) is 19.2 Å². The van der Waals surface area contributed by atoms with E-state index < -0.39 is 0 Å². The largest absolute Gasteiger partial charge is 0.341 e. The van der Waals surface area contributed by atoms with Crippen LogP contribution in [0.2, 0.25) is 0 Å². The molecule has 1 aliphatic heterocycles. The Balaban J connectivity index is 1.54. The number of amides is 5.